The summed E-state index contributed by atoms with van der Waals surface area (Å²) in [6.07, 6.45) is 6.42. The van der Waals surface area contributed by atoms with Gasteiger partial charge in [0.25, 0.3) is 5.91 Å². The van der Waals surface area contributed by atoms with Crippen molar-refractivity contribution >= 4 is 29.1 Å². The van der Waals surface area contributed by atoms with Crippen molar-refractivity contribution in [3.05, 3.63) is 33.8 Å². The number of carbonyl (C=O) groups excluding carboxylic acids is 1. The highest BCUT2D eigenvalue weighted by molar-refractivity contribution is 6.36. The zero-order valence-electron chi connectivity index (χ0n) is 11.4. The molecule has 1 heterocycles. The van der Waals surface area contributed by atoms with Gasteiger partial charge in [0.2, 0.25) is 0 Å². The number of halogens is 2. The third-order valence-electron chi connectivity index (χ3n) is 4.74. The van der Waals surface area contributed by atoms with Crippen molar-refractivity contribution in [1.29, 1.82) is 0 Å². The molecule has 1 saturated carbocycles. The SMILES string of the molecule is O=C(c1ccc(Cl)cc1Cl)N1CCC2CCCCC2C1. The van der Waals surface area contributed by atoms with E-state index >= 15 is 0 Å². The summed E-state index contributed by atoms with van der Waals surface area (Å²) in [7, 11) is 0. The van der Waals surface area contributed by atoms with Crippen molar-refractivity contribution in [2.45, 2.75) is 32.1 Å². The number of hydrogen-bond donors (Lipinski definition) is 0. The smallest absolute Gasteiger partial charge is 0.255 e. The normalized spacial score (nSPS) is 26.2. The van der Waals surface area contributed by atoms with Gasteiger partial charge in [0, 0.05) is 18.1 Å². The Labute approximate surface area is 130 Å². The summed E-state index contributed by atoms with van der Waals surface area (Å²) >= 11 is 12.0. The second-order valence-corrected chi connectivity index (χ2v) is 6.81. The van der Waals surface area contributed by atoms with Crippen LogP contribution in [0.4, 0.5) is 0 Å². The molecule has 0 bridgehead atoms. The van der Waals surface area contributed by atoms with Gasteiger partial charge < -0.3 is 4.90 Å². The van der Waals surface area contributed by atoms with Crippen LogP contribution in [0.15, 0.2) is 18.2 Å². The lowest BCUT2D eigenvalue weighted by Crippen LogP contribution is -2.44. The lowest BCUT2D eigenvalue weighted by Gasteiger charge is -2.41. The maximum absolute atomic E-state index is 12.6. The van der Waals surface area contributed by atoms with Gasteiger partial charge in [0.05, 0.1) is 10.6 Å². The molecule has 0 aromatic heterocycles. The summed E-state index contributed by atoms with van der Waals surface area (Å²) < 4.78 is 0. The Morgan fingerprint density at radius 3 is 2.60 bits per heavy atom. The summed E-state index contributed by atoms with van der Waals surface area (Å²) in [6.45, 7) is 1.75. The topological polar surface area (TPSA) is 20.3 Å². The molecule has 108 valence electrons. The molecule has 2 aliphatic rings. The van der Waals surface area contributed by atoms with E-state index in [0.717, 1.165) is 25.4 Å². The minimum Gasteiger partial charge on any atom is -0.338 e. The fraction of sp³-hybridized carbons (Fsp3) is 0.562. The first-order valence-electron chi connectivity index (χ1n) is 7.39. The van der Waals surface area contributed by atoms with Crippen molar-refractivity contribution in [1.82, 2.24) is 4.90 Å². The minimum atomic E-state index is 0.0516. The highest BCUT2D eigenvalue weighted by atomic mass is 35.5. The molecule has 0 radical (unpaired) electrons. The van der Waals surface area contributed by atoms with Crippen LogP contribution < -0.4 is 0 Å². The third kappa shape index (κ3) is 2.82. The molecular weight excluding hydrogens is 293 g/mol. The maximum Gasteiger partial charge on any atom is 0.255 e. The summed E-state index contributed by atoms with van der Waals surface area (Å²) in [6, 6.07) is 5.11. The molecule has 3 rings (SSSR count). The number of amides is 1. The number of carbonyl (C=O) groups is 1. The quantitative estimate of drug-likeness (QED) is 0.739. The third-order valence-corrected chi connectivity index (χ3v) is 5.29. The van der Waals surface area contributed by atoms with E-state index in [1.807, 2.05) is 4.90 Å². The van der Waals surface area contributed by atoms with Crippen molar-refractivity contribution in [2.75, 3.05) is 13.1 Å². The number of nitrogens with zero attached hydrogens (tertiary/aromatic N) is 1. The average Bonchev–Trinajstić information content (AvgIpc) is 2.46. The van der Waals surface area contributed by atoms with E-state index in [1.165, 1.54) is 25.7 Å². The molecule has 2 nitrogen and oxygen atoms in total. The summed E-state index contributed by atoms with van der Waals surface area (Å²) in [5.41, 5.74) is 0.574. The van der Waals surface area contributed by atoms with Crippen LogP contribution in [0.1, 0.15) is 42.5 Å². The number of rotatable bonds is 1. The van der Waals surface area contributed by atoms with Gasteiger partial charge in [-0.2, -0.15) is 0 Å². The minimum absolute atomic E-state index is 0.0516. The van der Waals surface area contributed by atoms with E-state index in [0.29, 0.717) is 21.5 Å². The second-order valence-electron chi connectivity index (χ2n) is 5.97. The molecular formula is C16H19Cl2NO. The fourth-order valence-corrected chi connectivity index (χ4v) is 4.11. The van der Waals surface area contributed by atoms with Gasteiger partial charge in [-0.05, 0) is 42.9 Å². The van der Waals surface area contributed by atoms with Crippen molar-refractivity contribution in [2.24, 2.45) is 11.8 Å². The van der Waals surface area contributed by atoms with Gasteiger partial charge in [0.1, 0.15) is 0 Å². The predicted octanol–water partition coefficient (Wildman–Crippen LogP) is 4.65. The van der Waals surface area contributed by atoms with Gasteiger partial charge >= 0.3 is 0 Å². The molecule has 2 unspecified atom stereocenters. The van der Waals surface area contributed by atoms with Crippen molar-refractivity contribution in [3.63, 3.8) is 0 Å². The Balaban J connectivity index is 1.74. The largest absolute Gasteiger partial charge is 0.338 e. The first kappa shape index (κ1) is 14.2. The highest BCUT2D eigenvalue weighted by Crippen LogP contribution is 2.36. The lowest BCUT2D eigenvalue weighted by atomic mass is 9.75. The molecule has 1 amide bonds. The van der Waals surface area contributed by atoms with Crippen molar-refractivity contribution < 1.29 is 4.79 Å². The Morgan fingerprint density at radius 2 is 1.85 bits per heavy atom. The number of hydrogen-bond acceptors (Lipinski definition) is 1. The van der Waals surface area contributed by atoms with Gasteiger partial charge in [0.15, 0.2) is 0 Å². The van der Waals surface area contributed by atoms with Crippen LogP contribution >= 0.6 is 23.2 Å². The molecule has 2 atom stereocenters. The number of piperidine rings is 1. The zero-order chi connectivity index (χ0) is 14.1. The van der Waals surface area contributed by atoms with Gasteiger partial charge in [-0.3, -0.25) is 4.79 Å². The molecule has 1 aliphatic carbocycles. The second kappa shape index (κ2) is 5.95. The Hall–Kier alpha value is -0.730. The molecule has 0 spiro atoms. The number of benzene rings is 1. The molecule has 1 aliphatic heterocycles. The van der Waals surface area contributed by atoms with Crippen LogP contribution in [0.3, 0.4) is 0 Å². The lowest BCUT2D eigenvalue weighted by molar-refractivity contribution is 0.0521. The van der Waals surface area contributed by atoms with Crippen LogP contribution in [-0.4, -0.2) is 23.9 Å². The van der Waals surface area contributed by atoms with Crippen molar-refractivity contribution in [3.8, 4) is 0 Å². The van der Waals surface area contributed by atoms with E-state index in [9.17, 15) is 4.79 Å². The average molecular weight is 312 g/mol. The van der Waals surface area contributed by atoms with Crippen LogP contribution in [-0.2, 0) is 0 Å². The molecule has 1 aromatic carbocycles. The van der Waals surface area contributed by atoms with Gasteiger partial charge in [-0.1, -0.05) is 42.5 Å². The van der Waals surface area contributed by atoms with Crippen LogP contribution in [0.5, 0.6) is 0 Å². The van der Waals surface area contributed by atoms with Gasteiger partial charge in [-0.15, -0.1) is 0 Å². The Morgan fingerprint density at radius 1 is 1.10 bits per heavy atom. The fourth-order valence-electron chi connectivity index (χ4n) is 3.62. The summed E-state index contributed by atoms with van der Waals surface area (Å²) in [5.74, 6) is 1.57. The highest BCUT2D eigenvalue weighted by Gasteiger charge is 2.33. The molecule has 0 N–H and O–H groups in total. The van der Waals surface area contributed by atoms with Crippen LogP contribution in [0, 0.1) is 11.8 Å². The van der Waals surface area contributed by atoms with E-state index in [-0.39, 0.29) is 5.91 Å². The monoisotopic (exact) mass is 311 g/mol. The summed E-state index contributed by atoms with van der Waals surface area (Å²) in [4.78, 5) is 14.6. The first-order chi connectivity index (χ1) is 9.65. The van der Waals surface area contributed by atoms with Crippen LogP contribution in [0.2, 0.25) is 10.0 Å². The Bertz CT molecular complexity index is 517. The first-order valence-corrected chi connectivity index (χ1v) is 8.15. The standard InChI is InChI=1S/C16H19Cl2NO/c17-13-5-6-14(15(18)9-13)16(20)19-8-7-11-3-1-2-4-12(11)10-19/h5-6,9,11-12H,1-4,7-8,10H2. The van der Waals surface area contributed by atoms with E-state index in [2.05, 4.69) is 0 Å². The molecule has 1 saturated heterocycles. The molecule has 2 fully saturated rings. The number of fused-ring (bicyclic) bond motifs is 1. The number of likely N-dealkylation sites (tertiary alicyclic amines) is 1. The molecule has 20 heavy (non-hydrogen) atoms. The summed E-state index contributed by atoms with van der Waals surface area (Å²) in [5, 5.41) is 1.02. The molecule has 1 aromatic rings. The molecule has 4 heteroatoms. The zero-order valence-corrected chi connectivity index (χ0v) is 13.0. The predicted molar refractivity (Wildman–Crippen MR) is 82.4 cm³/mol. The van der Waals surface area contributed by atoms with Crippen LogP contribution in [0.25, 0.3) is 0 Å². The van der Waals surface area contributed by atoms with E-state index < -0.39 is 0 Å². The maximum atomic E-state index is 12.6. The Kier molecular flexibility index (Phi) is 4.23. The van der Waals surface area contributed by atoms with E-state index in [1.54, 1.807) is 18.2 Å². The van der Waals surface area contributed by atoms with Gasteiger partial charge in [-0.25, -0.2) is 0 Å². The van der Waals surface area contributed by atoms with E-state index in [4.69, 9.17) is 23.2 Å².